The molecule has 19 heavy (non-hydrogen) atoms. The second-order valence-electron chi connectivity index (χ2n) is 4.62. The average molecular weight is 280 g/mol. The molecule has 2 aromatic rings. The number of aliphatic hydroxyl groups excluding tert-OH is 1. The van der Waals surface area contributed by atoms with Crippen molar-refractivity contribution in [3.05, 3.63) is 32.8 Å². The highest BCUT2D eigenvalue weighted by Crippen LogP contribution is 2.36. The lowest BCUT2D eigenvalue weighted by molar-refractivity contribution is -0.385. The summed E-state index contributed by atoms with van der Waals surface area (Å²) in [5.74, 6) is -0.244. The third-order valence-electron chi connectivity index (χ3n) is 3.26. The minimum absolute atomic E-state index is 0.0731. The Morgan fingerprint density at radius 3 is 2.74 bits per heavy atom. The molecule has 0 aliphatic carbocycles. The van der Waals surface area contributed by atoms with Crippen LogP contribution in [0.15, 0.2) is 12.1 Å². The van der Waals surface area contributed by atoms with E-state index in [2.05, 4.69) is 4.98 Å². The second-order valence-corrected chi connectivity index (χ2v) is 5.86. The lowest BCUT2D eigenvalue weighted by atomic mass is 9.90. The van der Waals surface area contributed by atoms with Crippen molar-refractivity contribution < 1.29 is 10.0 Å². The Kier molecular flexibility index (Phi) is 3.82. The molecule has 0 saturated heterocycles. The summed E-state index contributed by atoms with van der Waals surface area (Å²) in [6.45, 7) is 5.45. The van der Waals surface area contributed by atoms with Gasteiger partial charge in [-0.1, -0.05) is 6.92 Å². The highest BCUT2D eigenvalue weighted by Gasteiger charge is 2.26. The number of benzene rings is 1. The molecule has 6 heteroatoms. The number of rotatable bonds is 4. The molecule has 0 spiro atoms. The largest absolute Gasteiger partial charge is 0.393 e. The molecule has 102 valence electrons. The Bertz CT molecular complexity index is 622. The van der Waals surface area contributed by atoms with E-state index in [0.717, 1.165) is 15.2 Å². The lowest BCUT2D eigenvalue weighted by Crippen LogP contribution is -2.15. The van der Waals surface area contributed by atoms with E-state index in [1.165, 1.54) is 11.3 Å². The quantitative estimate of drug-likeness (QED) is 0.688. The van der Waals surface area contributed by atoms with Crippen LogP contribution >= 0.6 is 11.3 Å². The smallest absolute Gasteiger partial charge is 0.274 e. The summed E-state index contributed by atoms with van der Waals surface area (Å²) in [5.41, 5.74) is 1.41. The fourth-order valence-electron chi connectivity index (χ4n) is 2.37. The molecule has 2 rings (SSSR count). The number of hydrogen-bond acceptors (Lipinski definition) is 5. The van der Waals surface area contributed by atoms with E-state index in [1.807, 2.05) is 13.8 Å². The minimum atomic E-state index is -0.624. The van der Waals surface area contributed by atoms with Crippen LogP contribution in [0.4, 0.5) is 5.69 Å². The standard InChI is InChI=1S/C13H16N2O3S/c1-4-9(7(2)16)10-5-11-13(19-8(3)14-11)6-12(10)15(17)18/h5-7,9,16H,4H2,1-3H3. The maximum atomic E-state index is 11.2. The van der Waals surface area contributed by atoms with Crippen LogP contribution < -0.4 is 0 Å². The number of fused-ring (bicyclic) bond motifs is 1. The van der Waals surface area contributed by atoms with Gasteiger partial charge in [0, 0.05) is 17.5 Å². The molecule has 5 nitrogen and oxygen atoms in total. The number of hydrogen-bond donors (Lipinski definition) is 1. The van der Waals surface area contributed by atoms with E-state index < -0.39 is 6.10 Å². The van der Waals surface area contributed by atoms with Crippen LogP contribution in [0.25, 0.3) is 10.2 Å². The third-order valence-corrected chi connectivity index (χ3v) is 4.20. The van der Waals surface area contributed by atoms with Gasteiger partial charge >= 0.3 is 0 Å². The Balaban J connectivity index is 2.68. The molecule has 1 heterocycles. The van der Waals surface area contributed by atoms with E-state index in [0.29, 0.717) is 12.0 Å². The van der Waals surface area contributed by atoms with Crippen LogP contribution in [-0.2, 0) is 0 Å². The Labute approximate surface area is 115 Å². The first-order valence-electron chi connectivity index (χ1n) is 6.17. The first-order valence-corrected chi connectivity index (χ1v) is 6.99. The Morgan fingerprint density at radius 1 is 1.53 bits per heavy atom. The van der Waals surface area contributed by atoms with Crippen molar-refractivity contribution in [1.82, 2.24) is 4.98 Å². The number of aromatic nitrogens is 1. The second kappa shape index (κ2) is 5.22. The zero-order chi connectivity index (χ0) is 14.2. The monoisotopic (exact) mass is 280 g/mol. The molecule has 0 bridgehead atoms. The van der Waals surface area contributed by atoms with Gasteiger partial charge in [-0.3, -0.25) is 10.1 Å². The van der Waals surface area contributed by atoms with Crippen molar-refractivity contribution >= 4 is 27.2 Å². The molecule has 0 aliphatic heterocycles. The molecule has 0 fully saturated rings. The van der Waals surface area contributed by atoms with Gasteiger partial charge < -0.3 is 5.11 Å². The van der Waals surface area contributed by atoms with Crippen LogP contribution in [0.1, 0.15) is 36.8 Å². The van der Waals surface area contributed by atoms with Gasteiger partial charge in [-0.15, -0.1) is 11.3 Å². The number of nitro benzene ring substituents is 1. The molecular formula is C13H16N2O3S. The summed E-state index contributed by atoms with van der Waals surface area (Å²) in [6.07, 6.45) is 0.0218. The maximum Gasteiger partial charge on any atom is 0.274 e. The van der Waals surface area contributed by atoms with Gasteiger partial charge in [-0.25, -0.2) is 4.98 Å². The van der Waals surface area contributed by atoms with Gasteiger partial charge in [0.05, 0.1) is 26.3 Å². The van der Waals surface area contributed by atoms with Crippen molar-refractivity contribution in [3.8, 4) is 0 Å². The molecule has 1 aromatic carbocycles. The Morgan fingerprint density at radius 2 is 2.21 bits per heavy atom. The van der Waals surface area contributed by atoms with E-state index >= 15 is 0 Å². The molecule has 0 radical (unpaired) electrons. The third kappa shape index (κ3) is 2.59. The summed E-state index contributed by atoms with van der Waals surface area (Å²) in [4.78, 5) is 15.2. The number of nitrogens with zero attached hydrogens (tertiary/aromatic N) is 2. The molecule has 0 aliphatic rings. The van der Waals surface area contributed by atoms with Gasteiger partial charge in [0.1, 0.15) is 0 Å². The van der Waals surface area contributed by atoms with E-state index in [1.54, 1.807) is 19.1 Å². The summed E-state index contributed by atoms with van der Waals surface area (Å²) < 4.78 is 0.813. The average Bonchev–Trinajstić information content (AvgIpc) is 2.67. The maximum absolute atomic E-state index is 11.2. The molecule has 2 unspecified atom stereocenters. The fraction of sp³-hybridized carbons (Fsp3) is 0.462. The predicted octanol–water partition coefficient (Wildman–Crippen LogP) is 3.39. The lowest BCUT2D eigenvalue weighted by Gasteiger charge is -2.18. The van der Waals surface area contributed by atoms with Crippen LogP contribution in [0, 0.1) is 17.0 Å². The summed E-state index contributed by atoms with van der Waals surface area (Å²) in [6, 6.07) is 3.32. The topological polar surface area (TPSA) is 76.3 Å². The molecular weight excluding hydrogens is 264 g/mol. The Hall–Kier alpha value is -1.53. The van der Waals surface area contributed by atoms with Crippen LogP contribution in [-0.4, -0.2) is 21.1 Å². The van der Waals surface area contributed by atoms with E-state index in [9.17, 15) is 15.2 Å². The zero-order valence-corrected chi connectivity index (χ0v) is 11.9. The number of thiazole rings is 1. The van der Waals surface area contributed by atoms with Crippen LogP contribution in [0.2, 0.25) is 0 Å². The number of aryl methyl sites for hydroxylation is 1. The van der Waals surface area contributed by atoms with Gasteiger partial charge in [0.2, 0.25) is 0 Å². The molecule has 2 atom stereocenters. The number of aliphatic hydroxyl groups is 1. The normalized spacial score (nSPS) is 14.5. The van der Waals surface area contributed by atoms with E-state index in [4.69, 9.17) is 0 Å². The van der Waals surface area contributed by atoms with Gasteiger partial charge in [0.15, 0.2) is 0 Å². The van der Waals surface area contributed by atoms with Crippen molar-refractivity contribution in [1.29, 1.82) is 0 Å². The van der Waals surface area contributed by atoms with Crippen molar-refractivity contribution in [3.63, 3.8) is 0 Å². The highest BCUT2D eigenvalue weighted by atomic mass is 32.1. The fourth-order valence-corrected chi connectivity index (χ4v) is 3.21. The SMILES string of the molecule is CCC(c1cc2nc(C)sc2cc1[N+](=O)[O-])C(C)O. The molecule has 0 amide bonds. The number of nitro groups is 1. The van der Waals surface area contributed by atoms with Crippen LogP contribution in [0.3, 0.4) is 0 Å². The predicted molar refractivity (Wildman–Crippen MR) is 75.7 cm³/mol. The molecule has 1 N–H and O–H groups in total. The van der Waals surface area contributed by atoms with Gasteiger partial charge in [-0.05, 0) is 26.3 Å². The molecule has 0 saturated carbocycles. The van der Waals surface area contributed by atoms with Gasteiger partial charge in [0.25, 0.3) is 5.69 Å². The highest BCUT2D eigenvalue weighted by molar-refractivity contribution is 7.18. The summed E-state index contributed by atoms with van der Waals surface area (Å²) >= 11 is 1.44. The van der Waals surface area contributed by atoms with E-state index in [-0.39, 0.29) is 16.5 Å². The first kappa shape index (κ1) is 13.9. The van der Waals surface area contributed by atoms with Crippen molar-refractivity contribution in [2.24, 2.45) is 0 Å². The van der Waals surface area contributed by atoms with Crippen molar-refractivity contribution in [2.45, 2.75) is 39.2 Å². The first-order chi connectivity index (χ1) is 8.93. The summed E-state index contributed by atoms with van der Waals surface area (Å²) in [5, 5.41) is 21.9. The minimum Gasteiger partial charge on any atom is -0.393 e. The molecule has 1 aromatic heterocycles. The van der Waals surface area contributed by atoms with Crippen molar-refractivity contribution in [2.75, 3.05) is 0 Å². The van der Waals surface area contributed by atoms with Gasteiger partial charge in [-0.2, -0.15) is 0 Å². The van der Waals surface area contributed by atoms with Crippen LogP contribution in [0.5, 0.6) is 0 Å². The summed E-state index contributed by atoms with van der Waals surface area (Å²) in [7, 11) is 0. The zero-order valence-electron chi connectivity index (χ0n) is 11.1.